The second-order valence-electron chi connectivity index (χ2n) is 6.92. The Labute approximate surface area is 146 Å². The number of esters is 1. The monoisotopic (exact) mass is 357 g/mol. The molecule has 4 nitrogen and oxygen atoms in total. The number of carbonyl (C=O) groups excluding carboxylic acids is 2. The highest BCUT2D eigenvalue weighted by molar-refractivity contribution is 7.17. The van der Waals surface area contributed by atoms with E-state index in [-0.39, 0.29) is 23.2 Å². The third kappa shape index (κ3) is 4.07. The summed E-state index contributed by atoms with van der Waals surface area (Å²) in [6, 6.07) is 0. The van der Waals surface area contributed by atoms with Crippen LogP contribution in [0.2, 0.25) is 0 Å². The van der Waals surface area contributed by atoms with Gasteiger partial charge in [0.05, 0.1) is 12.2 Å². The van der Waals surface area contributed by atoms with Gasteiger partial charge in [-0.25, -0.2) is 4.79 Å². The van der Waals surface area contributed by atoms with Gasteiger partial charge < -0.3 is 10.1 Å². The zero-order chi connectivity index (χ0) is 17.2. The fourth-order valence-electron chi connectivity index (χ4n) is 2.99. The molecule has 0 aromatic carbocycles. The van der Waals surface area contributed by atoms with Crippen LogP contribution in [-0.4, -0.2) is 24.4 Å². The zero-order valence-corrected chi connectivity index (χ0v) is 15.7. The van der Waals surface area contributed by atoms with Crippen LogP contribution in [0.25, 0.3) is 0 Å². The Kier molecular flexibility index (Phi) is 5.74. The number of halogens is 1. The van der Waals surface area contributed by atoms with Crippen molar-refractivity contribution in [1.82, 2.24) is 0 Å². The number of carbonyl (C=O) groups is 2. The second kappa shape index (κ2) is 7.22. The molecule has 0 bridgehead atoms. The average Bonchev–Trinajstić information content (AvgIpc) is 2.83. The Balaban J connectivity index is 2.38. The van der Waals surface area contributed by atoms with Crippen LogP contribution < -0.4 is 5.32 Å². The molecule has 1 unspecified atom stereocenters. The lowest BCUT2D eigenvalue weighted by Crippen LogP contribution is -2.26. The summed E-state index contributed by atoms with van der Waals surface area (Å²) in [7, 11) is 0. The summed E-state index contributed by atoms with van der Waals surface area (Å²) in [5.74, 6) is -0.220. The number of ether oxygens (including phenoxy) is 1. The van der Waals surface area contributed by atoms with Crippen molar-refractivity contribution >= 4 is 39.8 Å². The smallest absolute Gasteiger partial charge is 0.341 e. The lowest BCUT2D eigenvalue weighted by Gasteiger charge is -2.33. The largest absolute Gasteiger partial charge is 0.462 e. The van der Waals surface area contributed by atoms with E-state index in [9.17, 15) is 9.59 Å². The first-order chi connectivity index (χ1) is 10.8. The molecule has 1 heterocycles. The maximum absolute atomic E-state index is 12.3. The Hall–Kier alpha value is -1.07. The molecule has 1 amide bonds. The van der Waals surface area contributed by atoms with Crippen molar-refractivity contribution < 1.29 is 14.3 Å². The first-order valence-electron chi connectivity index (χ1n) is 7.95. The van der Waals surface area contributed by atoms with Crippen molar-refractivity contribution in [2.75, 3.05) is 17.8 Å². The number of nitrogens with one attached hydrogen (secondary N) is 1. The van der Waals surface area contributed by atoms with Gasteiger partial charge in [-0.2, -0.15) is 0 Å². The number of hydrogen-bond donors (Lipinski definition) is 1. The minimum Gasteiger partial charge on any atom is -0.462 e. The van der Waals surface area contributed by atoms with Gasteiger partial charge in [0.1, 0.15) is 10.9 Å². The number of anilines is 1. The van der Waals surface area contributed by atoms with E-state index in [1.807, 2.05) is 0 Å². The van der Waals surface area contributed by atoms with Gasteiger partial charge in [0, 0.05) is 4.88 Å². The van der Waals surface area contributed by atoms with Gasteiger partial charge in [0.25, 0.3) is 0 Å². The van der Waals surface area contributed by atoms with Gasteiger partial charge >= 0.3 is 5.97 Å². The fourth-order valence-corrected chi connectivity index (χ4v) is 4.39. The highest BCUT2D eigenvalue weighted by Gasteiger charge is 2.34. The van der Waals surface area contributed by atoms with Crippen LogP contribution in [-0.2, 0) is 22.4 Å². The number of amides is 1. The Bertz CT molecular complexity index is 604. The van der Waals surface area contributed by atoms with Crippen molar-refractivity contribution in [3.05, 3.63) is 16.0 Å². The molecular weight excluding hydrogens is 334 g/mol. The topological polar surface area (TPSA) is 55.4 Å². The molecule has 0 saturated carbocycles. The molecule has 0 spiro atoms. The van der Waals surface area contributed by atoms with Crippen molar-refractivity contribution in [2.24, 2.45) is 11.3 Å². The SMILES string of the molecule is CCOC(=O)c1c(NC(=O)CCl)sc2c1CCC(C(C)(C)C)C2. The van der Waals surface area contributed by atoms with Crippen molar-refractivity contribution in [2.45, 2.75) is 47.0 Å². The predicted octanol–water partition coefficient (Wildman–Crippen LogP) is 4.25. The third-order valence-electron chi connectivity index (χ3n) is 4.34. The number of rotatable bonds is 4. The average molecular weight is 358 g/mol. The van der Waals surface area contributed by atoms with Gasteiger partial charge in [-0.15, -0.1) is 22.9 Å². The Morgan fingerprint density at radius 2 is 2.09 bits per heavy atom. The molecule has 0 fully saturated rings. The van der Waals surface area contributed by atoms with Crippen LogP contribution in [0, 0.1) is 11.3 Å². The molecule has 6 heteroatoms. The van der Waals surface area contributed by atoms with Gasteiger partial charge in [-0.1, -0.05) is 20.8 Å². The summed E-state index contributed by atoms with van der Waals surface area (Å²) in [6.07, 6.45) is 2.83. The number of alkyl halides is 1. The van der Waals surface area contributed by atoms with E-state index < -0.39 is 0 Å². The molecule has 0 aliphatic heterocycles. The van der Waals surface area contributed by atoms with Crippen molar-refractivity contribution in [3.8, 4) is 0 Å². The lowest BCUT2D eigenvalue weighted by molar-refractivity contribution is -0.113. The molecule has 2 rings (SSSR count). The van der Waals surface area contributed by atoms with E-state index in [2.05, 4.69) is 26.1 Å². The van der Waals surface area contributed by atoms with E-state index in [0.717, 1.165) is 24.8 Å². The van der Waals surface area contributed by atoms with Gasteiger partial charge in [-0.05, 0) is 43.1 Å². The molecule has 1 aromatic rings. The zero-order valence-electron chi connectivity index (χ0n) is 14.1. The quantitative estimate of drug-likeness (QED) is 0.647. The van der Waals surface area contributed by atoms with E-state index in [0.29, 0.717) is 23.1 Å². The van der Waals surface area contributed by atoms with E-state index >= 15 is 0 Å². The first-order valence-corrected chi connectivity index (χ1v) is 9.30. The van der Waals surface area contributed by atoms with Gasteiger partial charge in [-0.3, -0.25) is 4.79 Å². The van der Waals surface area contributed by atoms with Crippen LogP contribution in [0.5, 0.6) is 0 Å². The molecule has 0 radical (unpaired) electrons. The number of hydrogen-bond acceptors (Lipinski definition) is 4. The molecule has 128 valence electrons. The minimum atomic E-state index is -0.357. The summed E-state index contributed by atoms with van der Waals surface area (Å²) >= 11 is 7.07. The summed E-state index contributed by atoms with van der Waals surface area (Å²) < 4.78 is 5.19. The number of fused-ring (bicyclic) bond motifs is 1. The highest BCUT2D eigenvalue weighted by atomic mass is 35.5. The summed E-state index contributed by atoms with van der Waals surface area (Å²) in [6.45, 7) is 8.84. The van der Waals surface area contributed by atoms with E-state index in [4.69, 9.17) is 16.3 Å². The Morgan fingerprint density at radius 3 is 2.65 bits per heavy atom. The summed E-state index contributed by atoms with van der Waals surface area (Å²) in [4.78, 5) is 25.2. The molecule has 23 heavy (non-hydrogen) atoms. The van der Waals surface area contributed by atoms with E-state index in [1.165, 1.54) is 16.2 Å². The predicted molar refractivity (Wildman–Crippen MR) is 94.6 cm³/mol. The van der Waals surface area contributed by atoms with Crippen LogP contribution in [0.4, 0.5) is 5.00 Å². The molecule has 0 saturated heterocycles. The minimum absolute atomic E-state index is 0.130. The molecule has 1 N–H and O–H groups in total. The Morgan fingerprint density at radius 1 is 1.39 bits per heavy atom. The molecule has 1 aliphatic rings. The molecule has 1 atom stereocenters. The van der Waals surface area contributed by atoms with Crippen LogP contribution >= 0.6 is 22.9 Å². The van der Waals surface area contributed by atoms with Crippen molar-refractivity contribution in [3.63, 3.8) is 0 Å². The van der Waals surface area contributed by atoms with Gasteiger partial charge in [0.15, 0.2) is 0 Å². The standard InChI is InChI=1S/C17H24ClNO3S/c1-5-22-16(21)14-11-7-6-10(17(2,3)4)8-12(11)23-15(14)19-13(20)9-18/h10H,5-9H2,1-4H3,(H,19,20). The third-order valence-corrected chi connectivity index (χ3v) is 5.76. The van der Waals surface area contributed by atoms with E-state index in [1.54, 1.807) is 6.92 Å². The summed E-state index contributed by atoms with van der Waals surface area (Å²) in [5, 5.41) is 3.33. The number of thiophene rings is 1. The molecule has 1 aliphatic carbocycles. The first kappa shape index (κ1) is 18.3. The molecule has 1 aromatic heterocycles. The van der Waals surface area contributed by atoms with Crippen LogP contribution in [0.15, 0.2) is 0 Å². The highest BCUT2D eigenvalue weighted by Crippen LogP contribution is 2.44. The van der Waals surface area contributed by atoms with Crippen LogP contribution in [0.3, 0.4) is 0 Å². The fraction of sp³-hybridized carbons (Fsp3) is 0.647. The van der Waals surface area contributed by atoms with Crippen molar-refractivity contribution in [1.29, 1.82) is 0 Å². The maximum atomic E-state index is 12.3. The summed E-state index contributed by atoms with van der Waals surface area (Å²) in [5.41, 5.74) is 1.79. The lowest BCUT2D eigenvalue weighted by atomic mass is 9.72. The molecular formula is C17H24ClNO3S. The second-order valence-corrected chi connectivity index (χ2v) is 8.29. The maximum Gasteiger partial charge on any atom is 0.341 e. The van der Waals surface area contributed by atoms with Crippen LogP contribution in [0.1, 0.15) is 54.9 Å². The normalized spacial score (nSPS) is 17.5. The van der Waals surface area contributed by atoms with Gasteiger partial charge in [0.2, 0.25) is 5.91 Å².